The van der Waals surface area contributed by atoms with E-state index >= 15 is 0 Å². The van der Waals surface area contributed by atoms with Crippen LogP contribution in [0.15, 0.2) is 30.3 Å². The van der Waals surface area contributed by atoms with Gasteiger partial charge in [-0.25, -0.2) is 10.3 Å². The highest BCUT2D eigenvalue weighted by molar-refractivity contribution is 7.13. The number of hydrogen-bond acceptors (Lipinski definition) is 5. The van der Waals surface area contributed by atoms with Crippen LogP contribution >= 0.6 is 9.39 Å². The number of nitrogens with one attached hydrogen (secondary N) is 2. The number of carbonyl (C=O) groups is 2. The minimum Gasteiger partial charge on any atom is -0.321 e. The fraction of sp³-hybridized carbons (Fsp3) is 0.556. The molecule has 2 heterocycles. The summed E-state index contributed by atoms with van der Waals surface area (Å²) in [6, 6.07) is 10.2. The number of amides is 3. The number of nitrogens with zero attached hydrogens (tertiary/aromatic N) is 2. The molecule has 2 bridgehead atoms. The minimum atomic E-state index is 0.0310. The number of fused-ring (bicyclic) bond motifs is 2. The van der Waals surface area contributed by atoms with E-state index in [-0.39, 0.29) is 12.1 Å². The topological polar surface area (TPSA) is 83.1 Å². The van der Waals surface area contributed by atoms with Crippen molar-refractivity contribution in [1.82, 2.24) is 20.5 Å². The normalized spacial score (nSPS) is 17.4. The standard InChI is InChI=1S/C13H16N2O2.C3H9N2O2P.C2H6/c16-13-14-8-4-7-12(9-14)15(13)17-10-11-5-2-1-3-6-11;6-3-4-7-2-1-5-8;1-2/h1-3,5-6,12H,4,7-10H2;3,5H,1-2,8H2,(H,4,6);1-2H3. The molecule has 0 spiro atoms. The number of carbonyl (C=O) groups excluding carboxylic acids is 2. The molecule has 9 heteroatoms. The van der Waals surface area contributed by atoms with Crippen molar-refractivity contribution in [3.63, 3.8) is 0 Å². The van der Waals surface area contributed by atoms with Gasteiger partial charge in [0.15, 0.2) is 0 Å². The zero-order valence-corrected chi connectivity index (χ0v) is 17.3. The molecule has 0 aromatic heterocycles. The van der Waals surface area contributed by atoms with Gasteiger partial charge in [0, 0.05) is 19.6 Å². The maximum absolute atomic E-state index is 11.9. The predicted molar refractivity (Wildman–Crippen MR) is 107 cm³/mol. The molecule has 152 valence electrons. The Morgan fingerprint density at radius 3 is 2.67 bits per heavy atom. The molecule has 2 atom stereocenters. The van der Waals surface area contributed by atoms with Crippen LogP contribution in [-0.4, -0.2) is 54.7 Å². The first-order chi connectivity index (χ1) is 13.3. The molecular formula is C18H31N4O4P. The van der Waals surface area contributed by atoms with E-state index in [1.54, 1.807) is 5.06 Å². The first kappa shape index (κ1) is 23.3. The van der Waals surface area contributed by atoms with E-state index in [9.17, 15) is 9.59 Å². The molecule has 2 N–H and O–H groups in total. The summed E-state index contributed by atoms with van der Waals surface area (Å²) in [5.74, 6) is 0. The van der Waals surface area contributed by atoms with Crippen LogP contribution in [0.1, 0.15) is 32.3 Å². The van der Waals surface area contributed by atoms with Crippen LogP contribution in [-0.2, 0) is 21.1 Å². The summed E-state index contributed by atoms with van der Waals surface area (Å²) in [7, 11) is 2.32. The predicted octanol–water partition coefficient (Wildman–Crippen LogP) is 2.09. The van der Waals surface area contributed by atoms with Crippen LogP contribution in [0.4, 0.5) is 4.79 Å². The van der Waals surface area contributed by atoms with Gasteiger partial charge in [-0.05, 0) is 18.4 Å². The molecule has 8 nitrogen and oxygen atoms in total. The first-order valence-electron chi connectivity index (χ1n) is 9.25. The Balaban J connectivity index is 0.000000312. The zero-order chi connectivity index (χ0) is 19.9. The molecule has 1 aromatic rings. The molecule has 2 aliphatic rings. The van der Waals surface area contributed by atoms with Gasteiger partial charge < -0.3 is 4.90 Å². The third kappa shape index (κ3) is 8.22. The lowest BCUT2D eigenvalue weighted by Gasteiger charge is -2.22. The lowest BCUT2D eigenvalue weighted by molar-refractivity contribution is -0.140. The molecule has 0 saturated carbocycles. The Morgan fingerprint density at radius 2 is 2.04 bits per heavy atom. The lowest BCUT2D eigenvalue weighted by atomic mass is 10.1. The quantitative estimate of drug-likeness (QED) is 0.303. The Morgan fingerprint density at radius 1 is 1.30 bits per heavy atom. The smallest absolute Gasteiger partial charge is 0.321 e. The van der Waals surface area contributed by atoms with Crippen molar-refractivity contribution < 1.29 is 19.3 Å². The second kappa shape index (κ2) is 14.3. The fourth-order valence-electron chi connectivity index (χ4n) is 2.70. The highest BCUT2D eigenvalue weighted by Gasteiger charge is 2.40. The molecule has 3 amide bonds. The SMILES string of the molecule is CC.O=C1N2CCCC(C2)N1OCc1ccccc1.O=CNOCCNP. The van der Waals surface area contributed by atoms with Gasteiger partial charge in [-0.3, -0.25) is 19.6 Å². The Hall–Kier alpha value is -1.73. The molecule has 0 aliphatic carbocycles. The van der Waals surface area contributed by atoms with E-state index in [2.05, 4.69) is 24.8 Å². The summed E-state index contributed by atoms with van der Waals surface area (Å²) < 4.78 is 0. The minimum absolute atomic E-state index is 0.0310. The van der Waals surface area contributed by atoms with Gasteiger partial charge in [0.1, 0.15) is 6.61 Å². The second-order valence-corrected chi connectivity index (χ2v) is 6.06. The van der Waals surface area contributed by atoms with Gasteiger partial charge in [0.05, 0.1) is 12.6 Å². The Bertz CT molecular complexity index is 535. The number of hydrogen-bond donors (Lipinski definition) is 2. The van der Waals surface area contributed by atoms with Crippen molar-refractivity contribution in [2.45, 2.75) is 39.3 Å². The molecule has 2 saturated heterocycles. The highest BCUT2D eigenvalue weighted by Crippen LogP contribution is 2.25. The maximum atomic E-state index is 11.9. The second-order valence-electron chi connectivity index (χ2n) is 5.65. The van der Waals surface area contributed by atoms with Crippen molar-refractivity contribution in [2.24, 2.45) is 0 Å². The molecule has 3 rings (SSSR count). The van der Waals surface area contributed by atoms with Crippen LogP contribution < -0.4 is 10.6 Å². The lowest BCUT2D eigenvalue weighted by Crippen LogP contribution is -2.33. The Labute approximate surface area is 163 Å². The van der Waals surface area contributed by atoms with Crippen molar-refractivity contribution in [1.29, 1.82) is 0 Å². The van der Waals surface area contributed by atoms with E-state index in [1.807, 2.05) is 49.1 Å². The van der Waals surface area contributed by atoms with Gasteiger partial charge in [-0.1, -0.05) is 53.6 Å². The van der Waals surface area contributed by atoms with Crippen molar-refractivity contribution in [3.8, 4) is 0 Å². The molecular weight excluding hydrogens is 367 g/mol. The molecule has 1 aromatic carbocycles. The molecule has 27 heavy (non-hydrogen) atoms. The van der Waals surface area contributed by atoms with E-state index in [4.69, 9.17) is 4.84 Å². The largest absolute Gasteiger partial charge is 0.344 e. The molecule has 2 aliphatic heterocycles. The Kier molecular flexibility index (Phi) is 12.4. The van der Waals surface area contributed by atoms with Gasteiger partial charge in [0.25, 0.3) is 0 Å². The third-order valence-electron chi connectivity index (χ3n) is 3.88. The molecule has 0 radical (unpaired) electrons. The van der Waals surface area contributed by atoms with Gasteiger partial charge in [-0.2, -0.15) is 5.06 Å². The molecule has 2 unspecified atom stereocenters. The summed E-state index contributed by atoms with van der Waals surface area (Å²) >= 11 is 0. The molecule has 2 fully saturated rings. The van der Waals surface area contributed by atoms with Crippen LogP contribution in [0.25, 0.3) is 0 Å². The van der Waals surface area contributed by atoms with Crippen molar-refractivity contribution in [2.75, 3.05) is 26.2 Å². The van der Waals surface area contributed by atoms with Crippen LogP contribution in [0, 0.1) is 0 Å². The fourth-order valence-corrected chi connectivity index (χ4v) is 2.82. The van der Waals surface area contributed by atoms with Crippen LogP contribution in [0.2, 0.25) is 0 Å². The summed E-state index contributed by atoms with van der Waals surface area (Å²) in [4.78, 5) is 33.5. The average molecular weight is 398 g/mol. The number of hydroxylamine groups is 3. The third-order valence-corrected chi connectivity index (χ3v) is 4.17. The summed E-state index contributed by atoms with van der Waals surface area (Å²) in [5, 5.41) is 4.33. The van der Waals surface area contributed by atoms with Crippen LogP contribution in [0.5, 0.6) is 0 Å². The van der Waals surface area contributed by atoms with E-state index in [0.717, 1.165) is 31.5 Å². The summed E-state index contributed by atoms with van der Waals surface area (Å²) in [6.45, 7) is 7.35. The van der Waals surface area contributed by atoms with Crippen LogP contribution in [0.3, 0.4) is 0 Å². The summed E-state index contributed by atoms with van der Waals surface area (Å²) in [6.07, 6.45) is 2.63. The number of urea groups is 1. The van der Waals surface area contributed by atoms with Crippen molar-refractivity contribution >= 4 is 21.8 Å². The summed E-state index contributed by atoms with van der Waals surface area (Å²) in [5.41, 5.74) is 3.15. The van der Waals surface area contributed by atoms with E-state index in [1.165, 1.54) is 0 Å². The van der Waals surface area contributed by atoms with Gasteiger partial charge in [-0.15, -0.1) is 0 Å². The maximum Gasteiger partial charge on any atom is 0.344 e. The van der Waals surface area contributed by atoms with Crippen molar-refractivity contribution in [3.05, 3.63) is 35.9 Å². The first-order valence-corrected chi connectivity index (χ1v) is 9.83. The zero-order valence-electron chi connectivity index (χ0n) is 16.1. The van der Waals surface area contributed by atoms with Gasteiger partial charge >= 0.3 is 6.03 Å². The number of benzene rings is 1. The number of rotatable bonds is 8. The van der Waals surface area contributed by atoms with Gasteiger partial charge in [0.2, 0.25) is 6.41 Å². The monoisotopic (exact) mass is 398 g/mol. The van der Waals surface area contributed by atoms with E-state index < -0.39 is 0 Å². The average Bonchev–Trinajstić information content (AvgIpc) is 2.94. The van der Waals surface area contributed by atoms with E-state index in [0.29, 0.717) is 26.2 Å². The number of piperidine rings is 1. The highest BCUT2D eigenvalue weighted by atomic mass is 31.0.